The van der Waals surface area contributed by atoms with E-state index in [1.165, 1.54) is 0 Å². The van der Waals surface area contributed by atoms with Gasteiger partial charge in [-0.2, -0.15) is 0 Å². The van der Waals surface area contributed by atoms with E-state index in [2.05, 4.69) is 0 Å². The quantitative estimate of drug-likeness (QED) is 0.643. The van der Waals surface area contributed by atoms with Gasteiger partial charge in [0.2, 0.25) is 5.91 Å². The molecule has 146 valence electrons. The maximum Gasteiger partial charge on any atom is 0.227 e. The number of benzene rings is 2. The molecule has 0 fully saturated rings. The summed E-state index contributed by atoms with van der Waals surface area (Å²) < 4.78 is 16.0. The van der Waals surface area contributed by atoms with Gasteiger partial charge in [-0.3, -0.25) is 4.79 Å². The van der Waals surface area contributed by atoms with Crippen molar-refractivity contribution in [1.29, 1.82) is 0 Å². The minimum absolute atomic E-state index is 0.0909. The van der Waals surface area contributed by atoms with Crippen molar-refractivity contribution in [3.8, 4) is 17.2 Å². The number of hydrogen-bond acceptors (Lipinski definition) is 5. The Hall–Kier alpha value is -3.41. The number of methoxy groups -OCH3 is 2. The maximum absolute atomic E-state index is 13.0. The van der Waals surface area contributed by atoms with E-state index in [0.29, 0.717) is 29.4 Å². The molecule has 0 aliphatic heterocycles. The average Bonchev–Trinajstić information content (AvgIpc) is 3.22. The van der Waals surface area contributed by atoms with E-state index in [1.807, 2.05) is 18.2 Å². The third-order valence-corrected chi connectivity index (χ3v) is 4.44. The van der Waals surface area contributed by atoms with Crippen LogP contribution in [0.15, 0.2) is 65.3 Å². The minimum Gasteiger partial charge on any atom is -0.508 e. The molecule has 1 amide bonds. The Bertz CT molecular complexity index is 920. The molecule has 1 heterocycles. The van der Waals surface area contributed by atoms with Crippen LogP contribution in [0, 0.1) is 0 Å². The topological polar surface area (TPSA) is 72.1 Å². The molecule has 1 N–H and O–H groups in total. The molecule has 0 saturated carbocycles. The number of phenolic OH excluding ortho intramolecular Hbond substituents is 1. The fraction of sp³-hybridized carbons (Fsp3) is 0.227. The zero-order chi connectivity index (χ0) is 19.9. The molecule has 0 atom stereocenters. The van der Waals surface area contributed by atoms with Crippen molar-refractivity contribution in [3.05, 3.63) is 77.7 Å². The highest BCUT2D eigenvalue weighted by molar-refractivity contribution is 5.79. The summed E-state index contributed by atoms with van der Waals surface area (Å²) >= 11 is 0. The number of aromatic hydroxyl groups is 1. The number of hydrogen-bond donors (Lipinski definition) is 1. The highest BCUT2D eigenvalue weighted by Gasteiger charge is 2.18. The average molecular weight is 381 g/mol. The fourth-order valence-electron chi connectivity index (χ4n) is 2.95. The summed E-state index contributed by atoms with van der Waals surface area (Å²) in [6.45, 7) is 0.590. The minimum atomic E-state index is -0.0909. The van der Waals surface area contributed by atoms with Gasteiger partial charge in [-0.15, -0.1) is 0 Å². The molecule has 6 heteroatoms. The summed E-state index contributed by atoms with van der Waals surface area (Å²) in [5.41, 5.74) is 1.49. The number of carbonyl (C=O) groups is 1. The highest BCUT2D eigenvalue weighted by atomic mass is 16.5. The van der Waals surface area contributed by atoms with Gasteiger partial charge >= 0.3 is 0 Å². The number of para-hydroxylation sites is 1. The molecule has 0 aliphatic carbocycles. The smallest absolute Gasteiger partial charge is 0.227 e. The van der Waals surface area contributed by atoms with Crippen molar-refractivity contribution in [3.63, 3.8) is 0 Å². The number of nitrogens with zero attached hydrogens (tertiary/aromatic N) is 1. The van der Waals surface area contributed by atoms with Crippen LogP contribution in [0.4, 0.5) is 0 Å². The van der Waals surface area contributed by atoms with Crippen molar-refractivity contribution in [1.82, 2.24) is 4.90 Å². The Morgan fingerprint density at radius 2 is 1.79 bits per heavy atom. The summed E-state index contributed by atoms with van der Waals surface area (Å²) in [5, 5.41) is 10.1. The Kier molecular flexibility index (Phi) is 6.22. The number of carbonyl (C=O) groups excluding carboxylic acids is 1. The van der Waals surface area contributed by atoms with E-state index in [9.17, 15) is 9.90 Å². The highest BCUT2D eigenvalue weighted by Crippen LogP contribution is 2.28. The van der Waals surface area contributed by atoms with Crippen LogP contribution in [-0.2, 0) is 24.3 Å². The zero-order valence-electron chi connectivity index (χ0n) is 15.9. The molecule has 0 spiro atoms. The molecule has 0 unspecified atom stereocenters. The van der Waals surface area contributed by atoms with Gasteiger partial charge in [-0.1, -0.05) is 24.3 Å². The largest absolute Gasteiger partial charge is 0.508 e. The predicted molar refractivity (Wildman–Crippen MR) is 104 cm³/mol. The van der Waals surface area contributed by atoms with Gasteiger partial charge in [-0.05, 0) is 35.9 Å². The van der Waals surface area contributed by atoms with Crippen LogP contribution in [0.1, 0.15) is 16.9 Å². The summed E-state index contributed by atoms with van der Waals surface area (Å²) in [7, 11) is 3.13. The van der Waals surface area contributed by atoms with E-state index < -0.39 is 0 Å². The van der Waals surface area contributed by atoms with Crippen LogP contribution in [0.25, 0.3) is 0 Å². The Morgan fingerprint density at radius 1 is 1.00 bits per heavy atom. The summed E-state index contributed by atoms with van der Waals surface area (Å²) in [6, 6.07) is 16.0. The van der Waals surface area contributed by atoms with Crippen molar-refractivity contribution < 1.29 is 23.8 Å². The van der Waals surface area contributed by atoms with Gasteiger partial charge in [-0.25, -0.2) is 0 Å². The third-order valence-electron chi connectivity index (χ3n) is 4.44. The maximum atomic E-state index is 13.0. The number of furan rings is 1. The summed E-state index contributed by atoms with van der Waals surface area (Å²) in [6.07, 6.45) is 1.76. The van der Waals surface area contributed by atoms with Crippen LogP contribution >= 0.6 is 0 Å². The van der Waals surface area contributed by atoms with Crippen molar-refractivity contribution >= 4 is 5.91 Å². The zero-order valence-corrected chi connectivity index (χ0v) is 15.9. The monoisotopic (exact) mass is 381 g/mol. The SMILES string of the molecule is COc1ccc(CC(=O)N(Cc2ccco2)Cc2ccccc2O)cc1OC. The van der Waals surface area contributed by atoms with Crippen LogP contribution in [0.2, 0.25) is 0 Å². The molecule has 0 bridgehead atoms. The molecule has 28 heavy (non-hydrogen) atoms. The van der Waals surface area contributed by atoms with Gasteiger partial charge in [0.05, 0.1) is 33.4 Å². The lowest BCUT2D eigenvalue weighted by Crippen LogP contribution is -2.31. The molecule has 0 radical (unpaired) electrons. The van der Waals surface area contributed by atoms with Gasteiger partial charge in [0.1, 0.15) is 11.5 Å². The molecule has 2 aromatic carbocycles. The molecular weight excluding hydrogens is 358 g/mol. The van der Waals surface area contributed by atoms with Gasteiger partial charge in [0.15, 0.2) is 11.5 Å². The second kappa shape index (κ2) is 8.99. The lowest BCUT2D eigenvalue weighted by Gasteiger charge is -2.22. The molecule has 1 aromatic heterocycles. The van der Waals surface area contributed by atoms with Crippen LogP contribution in [0.3, 0.4) is 0 Å². The predicted octanol–water partition coefficient (Wildman–Crippen LogP) is 3.77. The Morgan fingerprint density at radius 3 is 2.46 bits per heavy atom. The van der Waals surface area contributed by atoms with Gasteiger partial charge in [0.25, 0.3) is 0 Å². The van der Waals surface area contributed by atoms with Crippen LogP contribution in [-0.4, -0.2) is 30.1 Å². The summed E-state index contributed by atoms with van der Waals surface area (Å²) in [5.74, 6) is 1.93. The number of amides is 1. The lowest BCUT2D eigenvalue weighted by molar-refractivity contribution is -0.132. The number of ether oxygens (including phenoxy) is 2. The first-order valence-electron chi connectivity index (χ1n) is 8.88. The molecular formula is C22H23NO5. The molecule has 3 rings (SSSR count). The van der Waals surface area contributed by atoms with E-state index >= 15 is 0 Å². The molecule has 3 aromatic rings. The van der Waals surface area contributed by atoms with E-state index in [-0.39, 0.29) is 24.6 Å². The third kappa shape index (κ3) is 4.65. The first-order valence-corrected chi connectivity index (χ1v) is 8.88. The first kappa shape index (κ1) is 19.4. The second-order valence-corrected chi connectivity index (χ2v) is 6.32. The molecule has 0 saturated heterocycles. The number of phenols is 1. The fourth-order valence-corrected chi connectivity index (χ4v) is 2.95. The van der Waals surface area contributed by atoms with Gasteiger partial charge < -0.3 is 23.9 Å². The van der Waals surface area contributed by atoms with E-state index in [0.717, 1.165) is 5.56 Å². The van der Waals surface area contributed by atoms with Crippen LogP contribution < -0.4 is 9.47 Å². The number of rotatable bonds is 8. The summed E-state index contributed by atoms with van der Waals surface area (Å²) in [4.78, 5) is 14.7. The van der Waals surface area contributed by atoms with E-state index in [1.54, 1.807) is 61.8 Å². The molecule has 6 nitrogen and oxygen atoms in total. The van der Waals surface area contributed by atoms with Gasteiger partial charge in [0, 0.05) is 12.1 Å². The van der Waals surface area contributed by atoms with Crippen molar-refractivity contribution in [2.24, 2.45) is 0 Å². The van der Waals surface area contributed by atoms with Crippen LogP contribution in [0.5, 0.6) is 17.2 Å². The first-order chi connectivity index (χ1) is 13.6. The Balaban J connectivity index is 1.80. The van der Waals surface area contributed by atoms with Crippen molar-refractivity contribution in [2.75, 3.05) is 14.2 Å². The second-order valence-electron chi connectivity index (χ2n) is 6.32. The molecule has 0 aliphatic rings. The standard InChI is InChI=1S/C22H23NO5/c1-26-20-10-9-16(12-21(20)27-2)13-22(25)23(15-18-7-5-11-28-18)14-17-6-3-4-8-19(17)24/h3-12,24H,13-15H2,1-2H3. The van der Waals surface area contributed by atoms with Crippen molar-refractivity contribution in [2.45, 2.75) is 19.5 Å². The normalized spacial score (nSPS) is 10.5. The Labute approximate surface area is 163 Å². The lowest BCUT2D eigenvalue weighted by atomic mass is 10.1. The van der Waals surface area contributed by atoms with E-state index in [4.69, 9.17) is 13.9 Å².